The van der Waals surface area contributed by atoms with Crippen molar-refractivity contribution in [1.82, 2.24) is 9.97 Å². The van der Waals surface area contributed by atoms with Crippen molar-refractivity contribution >= 4 is 38.9 Å². The molecule has 2 aromatic rings. The second kappa shape index (κ2) is 4.36. The third-order valence-electron chi connectivity index (χ3n) is 1.60. The molecule has 84 valence electrons. The fourth-order valence-electron chi connectivity index (χ4n) is 0.964. The van der Waals surface area contributed by atoms with Gasteiger partial charge in [0.25, 0.3) is 10.0 Å². The Morgan fingerprint density at radius 1 is 1.25 bits per heavy atom. The van der Waals surface area contributed by atoms with Gasteiger partial charge in [-0.2, -0.15) is 0 Å². The van der Waals surface area contributed by atoms with Crippen molar-refractivity contribution in [2.45, 2.75) is 4.21 Å². The van der Waals surface area contributed by atoms with Crippen molar-refractivity contribution in [2.75, 3.05) is 4.72 Å². The van der Waals surface area contributed by atoms with Gasteiger partial charge in [-0.3, -0.25) is 0 Å². The predicted molar refractivity (Wildman–Crippen MR) is 62.2 cm³/mol. The monoisotopic (exact) mass is 275 g/mol. The Morgan fingerprint density at radius 3 is 2.50 bits per heavy atom. The van der Waals surface area contributed by atoms with Crippen molar-refractivity contribution in [2.24, 2.45) is 0 Å². The molecule has 0 aliphatic rings. The zero-order chi connectivity index (χ0) is 11.6. The van der Waals surface area contributed by atoms with E-state index in [1.165, 1.54) is 24.5 Å². The lowest BCUT2D eigenvalue weighted by molar-refractivity contribution is 0.602. The van der Waals surface area contributed by atoms with Crippen molar-refractivity contribution < 1.29 is 8.42 Å². The second-order valence-corrected chi connectivity index (χ2v) is 6.36. The molecule has 0 unspecified atom stereocenters. The molecule has 8 heteroatoms. The van der Waals surface area contributed by atoms with Crippen LogP contribution in [0.3, 0.4) is 0 Å². The third kappa shape index (κ3) is 2.49. The summed E-state index contributed by atoms with van der Waals surface area (Å²) in [6.45, 7) is 0. The summed E-state index contributed by atoms with van der Waals surface area (Å²) in [6, 6.07) is 4.55. The number of nitrogens with zero attached hydrogens (tertiary/aromatic N) is 2. The number of rotatable bonds is 3. The van der Waals surface area contributed by atoms with Crippen LogP contribution in [0.4, 0.5) is 5.95 Å². The van der Waals surface area contributed by atoms with Gasteiger partial charge in [-0.25, -0.2) is 23.1 Å². The van der Waals surface area contributed by atoms with Gasteiger partial charge in [-0.15, -0.1) is 11.3 Å². The van der Waals surface area contributed by atoms with Gasteiger partial charge in [0.2, 0.25) is 5.95 Å². The first-order valence-electron chi connectivity index (χ1n) is 4.13. The molecule has 0 saturated heterocycles. The van der Waals surface area contributed by atoms with Gasteiger partial charge >= 0.3 is 0 Å². The first-order chi connectivity index (χ1) is 7.58. The minimum Gasteiger partial charge on any atom is -0.247 e. The summed E-state index contributed by atoms with van der Waals surface area (Å²) in [4.78, 5) is 7.53. The highest BCUT2D eigenvalue weighted by Gasteiger charge is 2.17. The van der Waals surface area contributed by atoms with Crippen LogP contribution in [-0.4, -0.2) is 18.4 Å². The number of hydrogen-bond acceptors (Lipinski definition) is 5. The number of halogens is 1. The molecule has 0 aromatic carbocycles. The van der Waals surface area contributed by atoms with Gasteiger partial charge in [0, 0.05) is 12.4 Å². The maximum atomic E-state index is 11.8. The molecule has 0 fully saturated rings. The Morgan fingerprint density at radius 2 is 1.94 bits per heavy atom. The molecule has 0 aliphatic carbocycles. The number of nitrogens with one attached hydrogen (secondary N) is 1. The average Bonchev–Trinajstić information content (AvgIpc) is 2.66. The molecule has 0 amide bonds. The summed E-state index contributed by atoms with van der Waals surface area (Å²) in [5, 5.41) is 0. The van der Waals surface area contributed by atoms with E-state index in [-0.39, 0.29) is 10.2 Å². The third-order valence-corrected chi connectivity index (χ3v) is 4.66. The van der Waals surface area contributed by atoms with E-state index >= 15 is 0 Å². The Hall–Kier alpha value is -1.18. The second-order valence-electron chi connectivity index (χ2n) is 2.74. The molecule has 0 aliphatic heterocycles. The number of aromatic nitrogens is 2. The van der Waals surface area contributed by atoms with E-state index in [0.717, 1.165) is 11.3 Å². The summed E-state index contributed by atoms with van der Waals surface area (Å²) in [7, 11) is -3.63. The molecule has 0 spiro atoms. The maximum Gasteiger partial charge on any atom is 0.273 e. The Labute approximate surface area is 101 Å². The molecule has 0 bridgehead atoms. The van der Waals surface area contributed by atoms with Gasteiger partial charge in [-0.05, 0) is 18.2 Å². The summed E-state index contributed by atoms with van der Waals surface area (Å²) in [5.74, 6) is 0.0343. The molecular formula is C8H6ClN3O2S2. The van der Waals surface area contributed by atoms with Crippen LogP contribution in [0.5, 0.6) is 0 Å². The lowest BCUT2D eigenvalue weighted by Gasteiger charge is -2.02. The molecule has 0 saturated carbocycles. The van der Waals surface area contributed by atoms with Gasteiger partial charge in [0.1, 0.15) is 4.21 Å². The molecule has 2 heterocycles. The van der Waals surface area contributed by atoms with Crippen molar-refractivity contribution in [3.8, 4) is 0 Å². The van der Waals surface area contributed by atoms with Gasteiger partial charge in [0.05, 0.1) is 4.34 Å². The van der Waals surface area contributed by atoms with Crippen molar-refractivity contribution in [1.29, 1.82) is 0 Å². The van der Waals surface area contributed by atoms with Crippen LogP contribution in [0.25, 0.3) is 0 Å². The molecular weight excluding hydrogens is 270 g/mol. The van der Waals surface area contributed by atoms with E-state index in [1.54, 1.807) is 6.07 Å². The molecule has 1 N–H and O–H groups in total. The fourth-order valence-corrected chi connectivity index (χ4v) is 3.41. The minimum atomic E-state index is -3.63. The minimum absolute atomic E-state index is 0.0343. The number of sulfonamides is 1. The van der Waals surface area contributed by atoms with Crippen LogP contribution in [0.15, 0.2) is 34.8 Å². The van der Waals surface area contributed by atoms with Crippen LogP contribution >= 0.6 is 22.9 Å². The Balaban J connectivity index is 2.28. The van der Waals surface area contributed by atoms with E-state index in [4.69, 9.17) is 11.6 Å². The molecule has 0 atom stereocenters. The largest absolute Gasteiger partial charge is 0.273 e. The Kier molecular flexibility index (Phi) is 3.08. The van der Waals surface area contributed by atoms with E-state index in [0.29, 0.717) is 4.34 Å². The quantitative estimate of drug-likeness (QED) is 0.930. The standard InChI is InChI=1S/C8H6ClN3O2S2/c9-6-2-3-7(15-6)16(13,14)12-8-10-4-1-5-11-8/h1-5H,(H,10,11,12). The molecule has 2 rings (SSSR count). The van der Waals surface area contributed by atoms with Crippen molar-refractivity contribution in [3.05, 3.63) is 34.9 Å². The highest BCUT2D eigenvalue weighted by Crippen LogP contribution is 2.26. The lowest BCUT2D eigenvalue weighted by Crippen LogP contribution is -2.13. The first-order valence-corrected chi connectivity index (χ1v) is 6.81. The van der Waals surface area contributed by atoms with E-state index < -0.39 is 10.0 Å². The van der Waals surface area contributed by atoms with Gasteiger partial charge in [-0.1, -0.05) is 11.6 Å². The highest BCUT2D eigenvalue weighted by atomic mass is 35.5. The summed E-state index contributed by atoms with van der Waals surface area (Å²) in [5.41, 5.74) is 0. The molecule has 5 nitrogen and oxygen atoms in total. The molecule has 16 heavy (non-hydrogen) atoms. The van der Waals surface area contributed by atoms with Crippen LogP contribution in [-0.2, 0) is 10.0 Å². The summed E-state index contributed by atoms with van der Waals surface area (Å²) in [6.07, 6.45) is 2.90. The SMILES string of the molecule is O=S(=O)(Nc1ncccn1)c1ccc(Cl)s1. The van der Waals surface area contributed by atoms with Crippen LogP contribution in [0.1, 0.15) is 0 Å². The first kappa shape index (κ1) is 11.3. The van der Waals surface area contributed by atoms with Crippen LogP contribution in [0.2, 0.25) is 4.34 Å². The van der Waals surface area contributed by atoms with Crippen LogP contribution < -0.4 is 4.72 Å². The zero-order valence-electron chi connectivity index (χ0n) is 7.79. The van der Waals surface area contributed by atoms with E-state index in [9.17, 15) is 8.42 Å². The topological polar surface area (TPSA) is 72.0 Å². The van der Waals surface area contributed by atoms with Gasteiger partial charge in [0.15, 0.2) is 0 Å². The zero-order valence-corrected chi connectivity index (χ0v) is 10.2. The normalized spacial score (nSPS) is 11.3. The van der Waals surface area contributed by atoms with Gasteiger partial charge < -0.3 is 0 Å². The number of anilines is 1. The van der Waals surface area contributed by atoms with Crippen molar-refractivity contribution in [3.63, 3.8) is 0 Å². The van der Waals surface area contributed by atoms with E-state index in [1.807, 2.05) is 0 Å². The maximum absolute atomic E-state index is 11.8. The van der Waals surface area contributed by atoms with Crippen LogP contribution in [0, 0.1) is 0 Å². The highest BCUT2D eigenvalue weighted by molar-refractivity contribution is 7.94. The van der Waals surface area contributed by atoms with E-state index in [2.05, 4.69) is 14.7 Å². The molecule has 0 radical (unpaired) electrons. The summed E-state index contributed by atoms with van der Waals surface area (Å²) >= 11 is 6.64. The molecule has 2 aromatic heterocycles. The number of thiophene rings is 1. The smallest absolute Gasteiger partial charge is 0.247 e. The predicted octanol–water partition coefficient (Wildman–Crippen LogP) is 1.99. The lowest BCUT2D eigenvalue weighted by atomic mass is 10.7. The number of hydrogen-bond donors (Lipinski definition) is 1. The summed E-state index contributed by atoms with van der Waals surface area (Å²) < 4.78 is 26.3. The Bertz CT molecular complexity index is 582. The fraction of sp³-hybridized carbons (Fsp3) is 0. The average molecular weight is 276 g/mol.